The fourth-order valence-corrected chi connectivity index (χ4v) is 4.56. The second-order valence-electron chi connectivity index (χ2n) is 7.74. The quantitative estimate of drug-likeness (QED) is 0.351. The van der Waals surface area contributed by atoms with Gasteiger partial charge in [-0.1, -0.05) is 52.3 Å². The molecule has 0 radical (unpaired) electrons. The molecule has 0 aromatic heterocycles. The van der Waals surface area contributed by atoms with E-state index in [9.17, 15) is 9.59 Å². The van der Waals surface area contributed by atoms with E-state index in [1.807, 2.05) is 66.7 Å². The lowest BCUT2D eigenvalue weighted by Gasteiger charge is -2.14. The van der Waals surface area contributed by atoms with E-state index in [1.165, 1.54) is 6.92 Å². The maximum Gasteiger partial charge on any atom is 0.286 e. The molecular formula is C27H23BrN2O5S. The molecule has 1 N–H and O–H groups in total. The van der Waals surface area contributed by atoms with E-state index in [2.05, 4.69) is 26.2 Å². The van der Waals surface area contributed by atoms with Gasteiger partial charge in [0.25, 0.3) is 5.91 Å². The second kappa shape index (κ2) is 11.9. The van der Waals surface area contributed by atoms with Crippen molar-refractivity contribution in [2.75, 3.05) is 7.11 Å². The van der Waals surface area contributed by atoms with Crippen LogP contribution < -0.4 is 19.5 Å². The number of nitrogens with one attached hydrogen (secondary N) is 1. The van der Waals surface area contributed by atoms with Crippen LogP contribution in [0.5, 0.6) is 17.2 Å². The van der Waals surface area contributed by atoms with Crippen LogP contribution in [-0.2, 0) is 22.8 Å². The summed E-state index contributed by atoms with van der Waals surface area (Å²) >= 11 is 4.58. The maximum absolute atomic E-state index is 12.3. The summed E-state index contributed by atoms with van der Waals surface area (Å²) in [5.74, 6) is 1.15. The third-order valence-corrected chi connectivity index (χ3v) is 6.41. The third-order valence-electron chi connectivity index (χ3n) is 5.02. The number of aliphatic imine (C=N–C) groups is 1. The van der Waals surface area contributed by atoms with Crippen molar-refractivity contribution >= 4 is 50.7 Å². The number of amidine groups is 1. The minimum Gasteiger partial charge on any atom is -0.493 e. The van der Waals surface area contributed by atoms with E-state index < -0.39 is 5.91 Å². The number of halogens is 1. The summed E-state index contributed by atoms with van der Waals surface area (Å²) in [5.41, 5.74) is 2.66. The van der Waals surface area contributed by atoms with Crippen molar-refractivity contribution in [1.29, 1.82) is 0 Å². The van der Waals surface area contributed by atoms with Crippen molar-refractivity contribution in [3.05, 3.63) is 92.8 Å². The van der Waals surface area contributed by atoms with Gasteiger partial charge in [-0.25, -0.2) is 0 Å². The number of carbonyl (C=O) groups is 2. The Balaban J connectivity index is 1.46. The molecule has 7 nitrogen and oxygen atoms in total. The van der Waals surface area contributed by atoms with Gasteiger partial charge in [-0.3, -0.25) is 9.59 Å². The summed E-state index contributed by atoms with van der Waals surface area (Å²) in [6.45, 7) is 2.09. The van der Waals surface area contributed by atoms with E-state index in [0.29, 0.717) is 34.3 Å². The largest absolute Gasteiger partial charge is 0.493 e. The summed E-state index contributed by atoms with van der Waals surface area (Å²) < 4.78 is 18.4. The smallest absolute Gasteiger partial charge is 0.286 e. The van der Waals surface area contributed by atoms with E-state index >= 15 is 0 Å². The number of thioether (sulfide) groups is 1. The van der Waals surface area contributed by atoms with Gasteiger partial charge in [0.05, 0.1) is 12.0 Å². The average molecular weight is 567 g/mol. The first-order valence-corrected chi connectivity index (χ1v) is 12.6. The van der Waals surface area contributed by atoms with Crippen LogP contribution in [0.3, 0.4) is 0 Å². The molecule has 3 aromatic carbocycles. The number of hydrogen-bond donors (Lipinski definition) is 1. The first kappa shape index (κ1) is 25.5. The zero-order valence-corrected chi connectivity index (χ0v) is 22.0. The highest BCUT2D eigenvalue weighted by atomic mass is 79.9. The number of ether oxygens (including phenoxy) is 3. The van der Waals surface area contributed by atoms with E-state index in [-0.39, 0.29) is 17.7 Å². The number of methoxy groups -OCH3 is 1. The molecule has 3 aromatic rings. The Hall–Kier alpha value is -3.56. The monoisotopic (exact) mass is 566 g/mol. The van der Waals surface area contributed by atoms with Gasteiger partial charge in [0, 0.05) is 17.0 Å². The molecule has 0 saturated carbocycles. The van der Waals surface area contributed by atoms with Crippen LogP contribution >= 0.6 is 27.7 Å². The van der Waals surface area contributed by atoms with Crippen molar-refractivity contribution in [3.63, 3.8) is 0 Å². The molecule has 0 bridgehead atoms. The molecule has 1 heterocycles. The molecule has 0 atom stereocenters. The summed E-state index contributed by atoms with van der Waals surface area (Å²) in [6, 6.07) is 21.1. The van der Waals surface area contributed by atoms with Gasteiger partial charge in [-0.2, -0.15) is 4.99 Å². The van der Waals surface area contributed by atoms with Gasteiger partial charge < -0.3 is 19.5 Å². The predicted molar refractivity (Wildman–Crippen MR) is 144 cm³/mol. The molecule has 0 fully saturated rings. The highest BCUT2D eigenvalue weighted by Crippen LogP contribution is 2.33. The van der Waals surface area contributed by atoms with Crippen LogP contribution in [0.2, 0.25) is 0 Å². The second-order valence-corrected chi connectivity index (χ2v) is 9.69. The van der Waals surface area contributed by atoms with Crippen molar-refractivity contribution < 1.29 is 23.8 Å². The minimum absolute atomic E-state index is 0.262. The molecule has 2 amide bonds. The van der Waals surface area contributed by atoms with Crippen LogP contribution in [0.25, 0.3) is 6.08 Å². The van der Waals surface area contributed by atoms with Crippen molar-refractivity contribution in [3.8, 4) is 17.2 Å². The number of hydrogen-bond acceptors (Lipinski definition) is 6. The lowest BCUT2D eigenvalue weighted by Crippen LogP contribution is -2.23. The molecule has 0 aliphatic carbocycles. The molecule has 184 valence electrons. The molecule has 1 aliphatic rings. The molecule has 0 spiro atoms. The minimum atomic E-state index is -0.412. The van der Waals surface area contributed by atoms with Crippen molar-refractivity contribution in [2.45, 2.75) is 20.1 Å². The van der Waals surface area contributed by atoms with Crippen LogP contribution in [0.1, 0.15) is 23.6 Å². The highest BCUT2D eigenvalue weighted by Gasteiger charge is 2.23. The molecule has 0 unspecified atom stereocenters. The zero-order chi connectivity index (χ0) is 25.5. The first-order chi connectivity index (χ1) is 17.4. The Morgan fingerprint density at radius 2 is 1.69 bits per heavy atom. The Kier molecular flexibility index (Phi) is 8.45. The van der Waals surface area contributed by atoms with Gasteiger partial charge in [0.15, 0.2) is 16.7 Å². The molecular weight excluding hydrogens is 544 g/mol. The molecule has 4 rings (SSSR count). The van der Waals surface area contributed by atoms with Gasteiger partial charge in [-0.05, 0) is 59.3 Å². The molecule has 36 heavy (non-hydrogen) atoms. The first-order valence-electron chi connectivity index (χ1n) is 11.0. The molecule has 1 aliphatic heterocycles. The Bertz CT molecular complexity index is 1340. The van der Waals surface area contributed by atoms with Crippen LogP contribution in [-0.4, -0.2) is 24.1 Å². The van der Waals surface area contributed by atoms with Crippen LogP contribution in [0.4, 0.5) is 0 Å². The standard InChI is InChI=1S/C27H23BrN2O5S/c1-17(31)29-27-30-26(32)25(36-27)14-20-13-21(28)9-11-22(20)34-16-19-8-10-23(24(12-19)33-2)35-15-18-6-4-3-5-7-18/h3-14H,15-16H2,1-2H3,(H,29,30,31,32)/b25-14+. The number of nitrogens with zero attached hydrogens (tertiary/aromatic N) is 1. The van der Waals surface area contributed by atoms with Crippen molar-refractivity contribution in [2.24, 2.45) is 4.99 Å². The Labute approximate surface area is 221 Å². The Morgan fingerprint density at radius 1 is 0.972 bits per heavy atom. The fraction of sp³-hybridized carbons (Fsp3) is 0.148. The Morgan fingerprint density at radius 3 is 2.44 bits per heavy atom. The van der Waals surface area contributed by atoms with Crippen LogP contribution in [0, 0.1) is 0 Å². The topological polar surface area (TPSA) is 86.2 Å². The number of amides is 2. The summed E-state index contributed by atoms with van der Waals surface area (Å²) in [6.07, 6.45) is 1.70. The predicted octanol–water partition coefficient (Wildman–Crippen LogP) is 5.72. The SMILES string of the molecule is COc1cc(COc2ccc(Br)cc2/C=C2/SC(NC(C)=O)=NC2=O)ccc1OCc1ccccc1. The van der Waals surface area contributed by atoms with Gasteiger partial charge in [-0.15, -0.1) is 0 Å². The zero-order valence-electron chi connectivity index (χ0n) is 19.6. The van der Waals surface area contributed by atoms with Gasteiger partial charge in [0.2, 0.25) is 5.91 Å². The number of carbonyl (C=O) groups excluding carboxylic acids is 2. The third kappa shape index (κ3) is 6.77. The summed E-state index contributed by atoms with van der Waals surface area (Å²) in [5, 5.41) is 2.81. The van der Waals surface area contributed by atoms with E-state index in [4.69, 9.17) is 14.2 Å². The lowest BCUT2D eigenvalue weighted by atomic mass is 10.1. The van der Waals surface area contributed by atoms with Crippen molar-refractivity contribution in [1.82, 2.24) is 5.32 Å². The van der Waals surface area contributed by atoms with Crippen LogP contribution in [0.15, 0.2) is 81.1 Å². The summed E-state index contributed by atoms with van der Waals surface area (Å²) in [7, 11) is 1.60. The van der Waals surface area contributed by atoms with E-state index in [0.717, 1.165) is 27.4 Å². The molecule has 9 heteroatoms. The number of rotatable bonds is 8. The highest BCUT2D eigenvalue weighted by molar-refractivity contribution is 9.10. The maximum atomic E-state index is 12.3. The molecule has 0 saturated heterocycles. The summed E-state index contributed by atoms with van der Waals surface area (Å²) in [4.78, 5) is 27.8. The van der Waals surface area contributed by atoms with Gasteiger partial charge >= 0.3 is 0 Å². The van der Waals surface area contributed by atoms with Gasteiger partial charge in [0.1, 0.15) is 19.0 Å². The number of benzene rings is 3. The fourth-order valence-electron chi connectivity index (χ4n) is 3.34. The normalized spacial score (nSPS) is 13.9. The average Bonchev–Trinajstić information content (AvgIpc) is 3.20. The lowest BCUT2D eigenvalue weighted by molar-refractivity contribution is -0.117. The van der Waals surface area contributed by atoms with E-state index in [1.54, 1.807) is 13.2 Å².